The highest BCUT2D eigenvalue weighted by atomic mass is 31.2. The predicted molar refractivity (Wildman–Crippen MR) is 114 cm³/mol. The second kappa shape index (κ2) is 8.82. The number of carbonyl (C=O) groups excluding carboxylic acids is 1. The standard InChI is InChI=1S/C19H30N6O5P/c1-6-25(12-31(27,28-5)30-13-29-16(26)18(2,3)4)19(7-8-19)10-24-11-22-14-9-21-17(20)23-15(14)24/h9,11H,5-8,10,12-13H2,1-4H3,(H2,20,21,23). The molecule has 0 saturated heterocycles. The van der Waals surface area contributed by atoms with E-state index in [0.29, 0.717) is 24.3 Å². The minimum absolute atomic E-state index is 0.0177. The Balaban J connectivity index is 1.69. The molecule has 1 radical (unpaired) electrons. The number of nitrogens with zero attached hydrogens (tertiary/aromatic N) is 5. The number of hydrogen-bond acceptors (Lipinski definition) is 10. The first-order chi connectivity index (χ1) is 14.5. The molecule has 1 unspecified atom stereocenters. The summed E-state index contributed by atoms with van der Waals surface area (Å²) in [5.41, 5.74) is 6.10. The van der Waals surface area contributed by atoms with Crippen molar-refractivity contribution in [1.29, 1.82) is 0 Å². The minimum Gasteiger partial charge on any atom is -0.438 e. The van der Waals surface area contributed by atoms with E-state index >= 15 is 0 Å². The fourth-order valence-corrected chi connectivity index (χ4v) is 4.68. The molecule has 2 N–H and O–H groups in total. The maximum atomic E-state index is 13.1. The van der Waals surface area contributed by atoms with E-state index in [1.54, 1.807) is 33.3 Å². The van der Waals surface area contributed by atoms with Crippen molar-refractivity contribution in [1.82, 2.24) is 24.4 Å². The van der Waals surface area contributed by atoms with Crippen LogP contribution < -0.4 is 5.73 Å². The van der Waals surface area contributed by atoms with Crippen LogP contribution in [-0.4, -0.2) is 55.6 Å². The molecule has 2 aromatic rings. The quantitative estimate of drug-likeness (QED) is 0.325. The summed E-state index contributed by atoms with van der Waals surface area (Å²) in [6, 6.07) is 0. The second-order valence-corrected chi connectivity index (χ2v) is 10.7. The summed E-state index contributed by atoms with van der Waals surface area (Å²) in [5, 5.41) is 0. The van der Waals surface area contributed by atoms with Gasteiger partial charge in [-0.05, 0) is 40.2 Å². The van der Waals surface area contributed by atoms with Crippen LogP contribution in [0.2, 0.25) is 0 Å². The van der Waals surface area contributed by atoms with Crippen LogP contribution >= 0.6 is 7.60 Å². The Hall–Kier alpha value is -2.07. The van der Waals surface area contributed by atoms with E-state index in [1.165, 1.54) is 0 Å². The van der Waals surface area contributed by atoms with Gasteiger partial charge in [0.2, 0.25) is 12.7 Å². The Morgan fingerprint density at radius 1 is 1.39 bits per heavy atom. The first-order valence-corrected chi connectivity index (χ1v) is 11.8. The average Bonchev–Trinajstić information content (AvgIpc) is 3.39. The maximum absolute atomic E-state index is 13.1. The SMILES string of the molecule is [CH2]OP(=O)(CN(CC)C1(Cn2cnc3cnc(N)nc32)CC1)OCOC(=O)C(C)(C)C. The third-order valence-electron chi connectivity index (χ3n) is 5.31. The molecule has 11 nitrogen and oxygen atoms in total. The van der Waals surface area contributed by atoms with E-state index in [4.69, 9.17) is 19.5 Å². The molecule has 1 aliphatic rings. The van der Waals surface area contributed by atoms with Crippen molar-refractivity contribution in [3.8, 4) is 0 Å². The van der Waals surface area contributed by atoms with Gasteiger partial charge in [-0.3, -0.25) is 18.8 Å². The van der Waals surface area contributed by atoms with Gasteiger partial charge >= 0.3 is 13.6 Å². The number of aromatic nitrogens is 4. The van der Waals surface area contributed by atoms with Gasteiger partial charge in [-0.2, -0.15) is 4.98 Å². The third kappa shape index (κ3) is 5.41. The fourth-order valence-electron chi connectivity index (χ4n) is 3.31. The number of likely N-dealkylation sites (N-methyl/N-ethyl adjacent to an activating group) is 1. The van der Waals surface area contributed by atoms with Gasteiger partial charge in [0.05, 0.1) is 25.0 Å². The van der Waals surface area contributed by atoms with Crippen molar-refractivity contribution < 1.29 is 23.1 Å². The van der Waals surface area contributed by atoms with Crippen LogP contribution in [0.25, 0.3) is 11.2 Å². The minimum atomic E-state index is -3.62. The van der Waals surface area contributed by atoms with E-state index in [1.807, 2.05) is 16.4 Å². The van der Waals surface area contributed by atoms with Gasteiger partial charge in [0.1, 0.15) is 11.8 Å². The second-order valence-electron chi connectivity index (χ2n) is 8.70. The van der Waals surface area contributed by atoms with Gasteiger partial charge in [0.25, 0.3) is 0 Å². The monoisotopic (exact) mass is 453 g/mol. The molecule has 1 aliphatic carbocycles. The largest absolute Gasteiger partial charge is 0.438 e. The molecular weight excluding hydrogens is 423 g/mol. The normalized spacial score (nSPS) is 17.6. The lowest BCUT2D eigenvalue weighted by molar-refractivity contribution is -0.160. The van der Waals surface area contributed by atoms with Crippen molar-refractivity contribution in [2.45, 2.75) is 52.6 Å². The molecule has 12 heteroatoms. The smallest absolute Gasteiger partial charge is 0.347 e. The predicted octanol–water partition coefficient (Wildman–Crippen LogP) is 2.79. The van der Waals surface area contributed by atoms with Gasteiger partial charge in [0, 0.05) is 12.1 Å². The van der Waals surface area contributed by atoms with E-state index in [2.05, 4.69) is 22.1 Å². The number of esters is 1. The molecule has 0 bridgehead atoms. The summed E-state index contributed by atoms with van der Waals surface area (Å²) >= 11 is 0. The number of rotatable bonds is 10. The van der Waals surface area contributed by atoms with Crippen LogP contribution in [0.3, 0.4) is 0 Å². The first kappa shape index (κ1) is 23.6. The lowest BCUT2D eigenvalue weighted by atomic mass is 9.98. The zero-order valence-electron chi connectivity index (χ0n) is 18.4. The molecule has 0 aliphatic heterocycles. The van der Waals surface area contributed by atoms with Crippen molar-refractivity contribution in [3.05, 3.63) is 19.6 Å². The Morgan fingerprint density at radius 2 is 2.10 bits per heavy atom. The van der Waals surface area contributed by atoms with Gasteiger partial charge in [0.15, 0.2) is 5.65 Å². The maximum Gasteiger partial charge on any atom is 0.347 e. The number of carbonyl (C=O) groups is 1. The number of hydrogen-bond donors (Lipinski definition) is 1. The van der Waals surface area contributed by atoms with Gasteiger partial charge < -0.3 is 19.6 Å². The van der Waals surface area contributed by atoms with Crippen molar-refractivity contribution >= 4 is 30.7 Å². The number of anilines is 1. The summed E-state index contributed by atoms with van der Waals surface area (Å²) in [4.78, 5) is 26.5. The number of fused-ring (bicyclic) bond motifs is 1. The van der Waals surface area contributed by atoms with Crippen molar-refractivity contribution in [3.63, 3.8) is 0 Å². The molecule has 0 aromatic carbocycles. The number of imidazole rings is 1. The first-order valence-electron chi connectivity index (χ1n) is 10.0. The summed E-state index contributed by atoms with van der Waals surface area (Å²) in [7, 11) is -0.298. The highest BCUT2D eigenvalue weighted by molar-refractivity contribution is 7.53. The molecular formula is C19H30N6O5P. The van der Waals surface area contributed by atoms with Crippen LogP contribution in [0.5, 0.6) is 0 Å². The Bertz CT molecular complexity index is 984. The molecule has 3 rings (SSSR count). The number of nitrogen functional groups attached to an aromatic ring is 1. The van der Waals surface area contributed by atoms with E-state index in [-0.39, 0.29) is 17.8 Å². The zero-order chi connectivity index (χ0) is 22.9. The highest BCUT2D eigenvalue weighted by Gasteiger charge is 2.50. The van der Waals surface area contributed by atoms with E-state index in [9.17, 15) is 9.36 Å². The highest BCUT2D eigenvalue weighted by Crippen LogP contribution is 2.53. The average molecular weight is 453 g/mol. The Labute approximate surface area is 181 Å². The third-order valence-corrected chi connectivity index (χ3v) is 6.89. The summed E-state index contributed by atoms with van der Waals surface area (Å²) < 4.78 is 30.4. The van der Waals surface area contributed by atoms with Gasteiger partial charge in [-0.25, -0.2) is 9.97 Å². The zero-order valence-corrected chi connectivity index (χ0v) is 19.3. The molecule has 1 saturated carbocycles. The van der Waals surface area contributed by atoms with Crippen LogP contribution in [0.1, 0.15) is 40.5 Å². The lowest BCUT2D eigenvalue weighted by Crippen LogP contribution is -2.41. The van der Waals surface area contributed by atoms with Gasteiger partial charge in [-0.1, -0.05) is 6.92 Å². The number of ether oxygens (including phenoxy) is 1. The van der Waals surface area contributed by atoms with E-state index < -0.39 is 25.8 Å². The van der Waals surface area contributed by atoms with Crippen molar-refractivity contribution in [2.24, 2.45) is 5.41 Å². The Morgan fingerprint density at radius 3 is 2.68 bits per heavy atom. The molecule has 0 amide bonds. The van der Waals surface area contributed by atoms with Crippen LogP contribution in [0.4, 0.5) is 5.95 Å². The summed E-state index contributed by atoms with van der Waals surface area (Å²) in [6.07, 6.45) is 5.10. The molecule has 31 heavy (non-hydrogen) atoms. The molecule has 171 valence electrons. The molecule has 1 atom stereocenters. The Kier molecular flexibility index (Phi) is 6.71. The molecule has 2 heterocycles. The van der Waals surface area contributed by atoms with E-state index in [0.717, 1.165) is 12.8 Å². The van der Waals surface area contributed by atoms with Crippen LogP contribution in [-0.2, 0) is 29.7 Å². The summed E-state index contributed by atoms with van der Waals surface area (Å²) in [6.45, 7) is 7.88. The molecule has 2 aromatic heterocycles. The van der Waals surface area contributed by atoms with Crippen LogP contribution in [0.15, 0.2) is 12.5 Å². The summed E-state index contributed by atoms with van der Waals surface area (Å²) in [5.74, 6) is -0.276. The van der Waals surface area contributed by atoms with Crippen molar-refractivity contribution in [2.75, 3.05) is 25.4 Å². The topological polar surface area (TPSA) is 135 Å². The molecule has 1 fully saturated rings. The van der Waals surface area contributed by atoms with Crippen LogP contribution in [0, 0.1) is 12.5 Å². The molecule has 0 spiro atoms. The van der Waals surface area contributed by atoms with Gasteiger partial charge in [-0.15, -0.1) is 0 Å². The lowest BCUT2D eigenvalue weighted by Gasteiger charge is -2.33. The fraction of sp³-hybridized carbons (Fsp3) is 0.632. The number of nitrogens with two attached hydrogens (primary N) is 1.